The number of halogens is 2. The molecule has 0 N–H and O–H groups in total. The molecule has 114 valence electrons. The van der Waals surface area contributed by atoms with Crippen LogP contribution in [-0.2, 0) is 4.79 Å². The molecular formula is C16H13ClFNO2S. The molecule has 0 aliphatic carbocycles. The van der Waals surface area contributed by atoms with E-state index in [-0.39, 0.29) is 17.1 Å². The van der Waals surface area contributed by atoms with Crippen molar-refractivity contribution in [1.82, 2.24) is 0 Å². The molecule has 3 nitrogen and oxygen atoms in total. The molecule has 1 atom stereocenters. The quantitative estimate of drug-likeness (QED) is 0.837. The molecule has 0 unspecified atom stereocenters. The van der Waals surface area contributed by atoms with Gasteiger partial charge >= 0.3 is 0 Å². The molecule has 1 aliphatic heterocycles. The fraction of sp³-hybridized carbons (Fsp3) is 0.188. The van der Waals surface area contributed by atoms with Gasteiger partial charge in [-0.2, -0.15) is 0 Å². The third-order valence-corrected chi connectivity index (χ3v) is 4.92. The number of nitrogens with zero attached hydrogens (tertiary/aromatic N) is 1. The summed E-state index contributed by atoms with van der Waals surface area (Å²) in [5, 5.41) is 0.176. The van der Waals surface area contributed by atoms with Crippen LogP contribution in [0.3, 0.4) is 0 Å². The lowest BCUT2D eigenvalue weighted by Gasteiger charge is -2.24. The van der Waals surface area contributed by atoms with E-state index >= 15 is 0 Å². The molecule has 0 radical (unpaired) electrons. The van der Waals surface area contributed by atoms with Crippen LogP contribution in [-0.4, -0.2) is 18.8 Å². The Labute approximate surface area is 137 Å². The third kappa shape index (κ3) is 2.78. The first-order chi connectivity index (χ1) is 10.6. The number of hydrogen-bond acceptors (Lipinski definition) is 3. The average Bonchev–Trinajstić information content (AvgIpc) is 2.89. The molecule has 0 aromatic heterocycles. The van der Waals surface area contributed by atoms with Gasteiger partial charge in [0.15, 0.2) is 0 Å². The Morgan fingerprint density at radius 3 is 2.82 bits per heavy atom. The molecule has 1 saturated heterocycles. The van der Waals surface area contributed by atoms with E-state index in [0.717, 1.165) is 5.56 Å². The smallest absolute Gasteiger partial charge is 0.238 e. The van der Waals surface area contributed by atoms with E-state index in [1.807, 2.05) is 6.07 Å². The minimum Gasteiger partial charge on any atom is -0.495 e. The fourth-order valence-electron chi connectivity index (χ4n) is 2.42. The molecule has 2 aromatic carbocycles. The van der Waals surface area contributed by atoms with Crippen LogP contribution in [0.25, 0.3) is 0 Å². The number of amides is 1. The van der Waals surface area contributed by atoms with Crippen molar-refractivity contribution in [2.45, 2.75) is 5.37 Å². The average molecular weight is 338 g/mol. The SMILES string of the molecule is COc1ccc(N2C(=O)CS[C@H]2c2cccc(F)c2)cc1Cl. The number of benzene rings is 2. The standard InChI is InChI=1S/C16H13ClFNO2S/c1-21-14-6-5-12(8-13(14)17)19-15(20)9-22-16(19)10-3-2-4-11(18)7-10/h2-8,16H,9H2,1H3/t16-/m0/s1. The van der Waals surface area contributed by atoms with E-state index < -0.39 is 0 Å². The Morgan fingerprint density at radius 1 is 1.32 bits per heavy atom. The van der Waals surface area contributed by atoms with Gasteiger partial charge in [-0.1, -0.05) is 23.7 Å². The van der Waals surface area contributed by atoms with Crippen LogP contribution in [0.15, 0.2) is 42.5 Å². The van der Waals surface area contributed by atoms with Crippen LogP contribution >= 0.6 is 23.4 Å². The second kappa shape index (κ2) is 6.18. The van der Waals surface area contributed by atoms with Crippen molar-refractivity contribution in [3.63, 3.8) is 0 Å². The predicted octanol–water partition coefficient (Wildman–Crippen LogP) is 4.27. The number of carbonyl (C=O) groups excluding carboxylic acids is 1. The van der Waals surface area contributed by atoms with E-state index in [0.29, 0.717) is 22.2 Å². The zero-order chi connectivity index (χ0) is 15.7. The normalized spacial score (nSPS) is 17.9. The van der Waals surface area contributed by atoms with Crippen LogP contribution in [0.1, 0.15) is 10.9 Å². The Bertz CT molecular complexity index is 725. The van der Waals surface area contributed by atoms with Gasteiger partial charge in [0.1, 0.15) is 16.9 Å². The summed E-state index contributed by atoms with van der Waals surface area (Å²) in [7, 11) is 1.54. The summed E-state index contributed by atoms with van der Waals surface area (Å²) in [5.41, 5.74) is 1.43. The minimum absolute atomic E-state index is 0.0273. The van der Waals surface area contributed by atoms with E-state index in [1.165, 1.54) is 31.0 Å². The molecule has 6 heteroatoms. The molecule has 1 aliphatic rings. The monoisotopic (exact) mass is 337 g/mol. The van der Waals surface area contributed by atoms with Crippen molar-refractivity contribution in [3.8, 4) is 5.75 Å². The molecule has 1 heterocycles. The first-order valence-corrected chi connectivity index (χ1v) is 8.05. The summed E-state index contributed by atoms with van der Waals surface area (Å²) < 4.78 is 18.6. The van der Waals surface area contributed by atoms with Gasteiger partial charge in [0.2, 0.25) is 5.91 Å². The summed E-state index contributed by atoms with van der Waals surface area (Å²) in [4.78, 5) is 13.9. The van der Waals surface area contributed by atoms with Crippen LogP contribution in [0.2, 0.25) is 5.02 Å². The summed E-state index contributed by atoms with van der Waals surface area (Å²) in [6.45, 7) is 0. The van der Waals surface area contributed by atoms with Crippen molar-refractivity contribution in [2.75, 3.05) is 17.8 Å². The zero-order valence-electron chi connectivity index (χ0n) is 11.8. The lowest BCUT2D eigenvalue weighted by Crippen LogP contribution is -2.27. The molecule has 0 spiro atoms. The van der Waals surface area contributed by atoms with Crippen molar-refractivity contribution < 1.29 is 13.9 Å². The lowest BCUT2D eigenvalue weighted by atomic mass is 10.2. The first kappa shape index (κ1) is 15.2. The molecular weight excluding hydrogens is 325 g/mol. The Morgan fingerprint density at radius 2 is 2.14 bits per heavy atom. The summed E-state index contributed by atoms with van der Waals surface area (Å²) >= 11 is 7.61. The number of ether oxygens (including phenoxy) is 1. The molecule has 1 fully saturated rings. The van der Waals surface area contributed by atoms with Crippen molar-refractivity contribution in [1.29, 1.82) is 0 Å². The largest absolute Gasteiger partial charge is 0.495 e. The Kier molecular flexibility index (Phi) is 4.27. The molecule has 3 rings (SSSR count). The number of carbonyl (C=O) groups is 1. The number of hydrogen-bond donors (Lipinski definition) is 0. The number of methoxy groups -OCH3 is 1. The van der Waals surface area contributed by atoms with Gasteiger partial charge < -0.3 is 4.74 Å². The van der Waals surface area contributed by atoms with Crippen molar-refractivity contribution in [2.24, 2.45) is 0 Å². The summed E-state index contributed by atoms with van der Waals surface area (Å²) in [6, 6.07) is 11.5. The minimum atomic E-state index is -0.315. The molecule has 0 bridgehead atoms. The zero-order valence-corrected chi connectivity index (χ0v) is 13.3. The van der Waals surface area contributed by atoms with E-state index in [2.05, 4.69) is 0 Å². The Hall–Kier alpha value is -1.72. The maximum absolute atomic E-state index is 13.5. The van der Waals surface area contributed by atoms with Crippen LogP contribution < -0.4 is 9.64 Å². The highest BCUT2D eigenvalue weighted by Gasteiger charge is 2.34. The Balaban J connectivity index is 1.99. The van der Waals surface area contributed by atoms with Gasteiger partial charge in [-0.3, -0.25) is 9.69 Å². The van der Waals surface area contributed by atoms with Gasteiger partial charge in [0.05, 0.1) is 17.9 Å². The highest BCUT2D eigenvalue weighted by molar-refractivity contribution is 8.00. The van der Waals surface area contributed by atoms with Crippen molar-refractivity contribution in [3.05, 3.63) is 58.9 Å². The number of anilines is 1. The third-order valence-electron chi connectivity index (χ3n) is 3.42. The second-order valence-corrected chi connectivity index (χ2v) is 6.28. The molecule has 0 saturated carbocycles. The number of rotatable bonds is 3. The lowest BCUT2D eigenvalue weighted by molar-refractivity contribution is -0.115. The van der Waals surface area contributed by atoms with Gasteiger partial charge in [-0.25, -0.2) is 4.39 Å². The van der Waals surface area contributed by atoms with Gasteiger partial charge in [0.25, 0.3) is 0 Å². The maximum Gasteiger partial charge on any atom is 0.238 e. The van der Waals surface area contributed by atoms with Crippen molar-refractivity contribution >= 4 is 35.0 Å². The van der Waals surface area contributed by atoms with Gasteiger partial charge in [-0.15, -0.1) is 11.8 Å². The number of thioether (sulfide) groups is 1. The van der Waals surface area contributed by atoms with Gasteiger partial charge in [-0.05, 0) is 35.9 Å². The highest BCUT2D eigenvalue weighted by atomic mass is 35.5. The topological polar surface area (TPSA) is 29.5 Å². The molecule has 2 aromatic rings. The maximum atomic E-state index is 13.5. The highest BCUT2D eigenvalue weighted by Crippen LogP contribution is 2.43. The van der Waals surface area contributed by atoms with Crippen LogP contribution in [0, 0.1) is 5.82 Å². The van der Waals surface area contributed by atoms with Gasteiger partial charge in [0, 0.05) is 5.69 Å². The van der Waals surface area contributed by atoms with E-state index in [1.54, 1.807) is 29.2 Å². The second-order valence-electron chi connectivity index (χ2n) is 4.80. The first-order valence-electron chi connectivity index (χ1n) is 6.63. The van der Waals surface area contributed by atoms with E-state index in [9.17, 15) is 9.18 Å². The van der Waals surface area contributed by atoms with Crippen LogP contribution in [0.5, 0.6) is 5.75 Å². The van der Waals surface area contributed by atoms with E-state index in [4.69, 9.17) is 16.3 Å². The molecule has 22 heavy (non-hydrogen) atoms. The summed E-state index contributed by atoms with van der Waals surface area (Å²) in [6.07, 6.45) is 0. The fourth-order valence-corrected chi connectivity index (χ4v) is 3.83. The summed E-state index contributed by atoms with van der Waals surface area (Å²) in [5.74, 6) is 0.558. The van der Waals surface area contributed by atoms with Crippen LogP contribution in [0.4, 0.5) is 10.1 Å². The molecule has 1 amide bonds. The predicted molar refractivity (Wildman–Crippen MR) is 87.1 cm³/mol.